The fourth-order valence-corrected chi connectivity index (χ4v) is 2.09. The molecule has 0 saturated heterocycles. The molecule has 0 saturated carbocycles. The van der Waals surface area contributed by atoms with Crippen molar-refractivity contribution in [3.05, 3.63) is 29.8 Å². The molecule has 112 valence electrons. The number of hydrogen-bond donors (Lipinski definition) is 1. The van der Waals surface area contributed by atoms with Crippen molar-refractivity contribution in [3.63, 3.8) is 0 Å². The van der Waals surface area contributed by atoms with Gasteiger partial charge in [-0.15, -0.1) is 0 Å². The van der Waals surface area contributed by atoms with E-state index in [-0.39, 0.29) is 18.1 Å². The number of ether oxygens (including phenoxy) is 2. The average molecular weight is 279 g/mol. The summed E-state index contributed by atoms with van der Waals surface area (Å²) in [5, 5.41) is 3.34. The van der Waals surface area contributed by atoms with Gasteiger partial charge < -0.3 is 9.47 Å². The fourth-order valence-electron chi connectivity index (χ4n) is 2.09. The Hall–Kier alpha value is -1.55. The zero-order valence-corrected chi connectivity index (χ0v) is 12.8. The smallest absolute Gasteiger partial charge is 0.323 e. The number of hydrogen-bond acceptors (Lipinski definition) is 4. The Kier molecular flexibility index (Phi) is 7.09. The molecular formula is C16H25NO3. The fraction of sp³-hybridized carbons (Fsp3) is 0.562. The van der Waals surface area contributed by atoms with Crippen molar-refractivity contribution in [2.45, 2.75) is 45.7 Å². The summed E-state index contributed by atoms with van der Waals surface area (Å²) >= 11 is 0. The van der Waals surface area contributed by atoms with E-state index in [0.717, 1.165) is 24.2 Å². The molecule has 0 amide bonds. The van der Waals surface area contributed by atoms with Gasteiger partial charge in [0.15, 0.2) is 0 Å². The van der Waals surface area contributed by atoms with E-state index < -0.39 is 0 Å². The van der Waals surface area contributed by atoms with Gasteiger partial charge in [-0.2, -0.15) is 0 Å². The zero-order valence-electron chi connectivity index (χ0n) is 12.8. The molecular weight excluding hydrogens is 254 g/mol. The van der Waals surface area contributed by atoms with Crippen LogP contribution in [-0.4, -0.2) is 25.7 Å². The quantitative estimate of drug-likeness (QED) is 0.743. The lowest BCUT2D eigenvalue weighted by molar-refractivity contribution is -0.146. The highest BCUT2D eigenvalue weighted by atomic mass is 16.5. The lowest BCUT2D eigenvalue weighted by atomic mass is 10.1. The van der Waals surface area contributed by atoms with Crippen LogP contribution in [-0.2, 0) is 9.53 Å². The van der Waals surface area contributed by atoms with Gasteiger partial charge in [-0.1, -0.05) is 25.5 Å². The predicted molar refractivity (Wildman–Crippen MR) is 79.9 cm³/mol. The number of rotatable bonds is 8. The second-order valence-electron chi connectivity index (χ2n) is 4.75. The molecule has 20 heavy (non-hydrogen) atoms. The molecule has 1 N–H and O–H groups in total. The van der Waals surface area contributed by atoms with E-state index in [1.165, 1.54) is 0 Å². The third-order valence-corrected chi connectivity index (χ3v) is 3.22. The summed E-state index contributed by atoms with van der Waals surface area (Å²) < 4.78 is 10.3. The van der Waals surface area contributed by atoms with Crippen LogP contribution >= 0.6 is 0 Å². The highest BCUT2D eigenvalue weighted by Gasteiger charge is 2.21. The Labute approximate surface area is 121 Å². The first-order valence-electron chi connectivity index (χ1n) is 7.19. The Balaban J connectivity index is 2.68. The number of esters is 1. The van der Waals surface area contributed by atoms with Crippen molar-refractivity contribution < 1.29 is 14.3 Å². The monoisotopic (exact) mass is 279 g/mol. The minimum absolute atomic E-state index is 0.0851. The molecule has 1 unspecified atom stereocenters. The van der Waals surface area contributed by atoms with Gasteiger partial charge in [0.2, 0.25) is 0 Å². The first kappa shape index (κ1) is 16.5. The van der Waals surface area contributed by atoms with Crippen LogP contribution in [0.1, 0.15) is 45.2 Å². The summed E-state index contributed by atoms with van der Waals surface area (Å²) in [6, 6.07) is 7.69. The highest BCUT2D eigenvalue weighted by Crippen LogP contribution is 2.18. The minimum atomic E-state index is -0.253. The van der Waals surface area contributed by atoms with Crippen molar-refractivity contribution in [1.29, 1.82) is 0 Å². The Morgan fingerprint density at radius 2 is 1.90 bits per heavy atom. The second-order valence-corrected chi connectivity index (χ2v) is 4.75. The Bertz CT molecular complexity index is 403. The van der Waals surface area contributed by atoms with E-state index in [0.29, 0.717) is 6.61 Å². The van der Waals surface area contributed by atoms with Gasteiger partial charge >= 0.3 is 5.97 Å². The summed E-state index contributed by atoms with van der Waals surface area (Å²) in [5.41, 5.74) is 1.12. The third kappa shape index (κ3) is 4.85. The molecule has 0 bridgehead atoms. The molecule has 1 rings (SSSR count). The summed E-state index contributed by atoms with van der Waals surface area (Å²) in [6.07, 6.45) is 1.71. The van der Waals surface area contributed by atoms with E-state index in [1.54, 1.807) is 7.11 Å². The summed E-state index contributed by atoms with van der Waals surface area (Å²) in [4.78, 5) is 11.9. The number of nitrogens with one attached hydrogen (secondary N) is 1. The normalized spacial score (nSPS) is 13.6. The van der Waals surface area contributed by atoms with E-state index in [1.807, 2.05) is 38.1 Å². The zero-order chi connectivity index (χ0) is 15.0. The van der Waals surface area contributed by atoms with E-state index >= 15 is 0 Å². The van der Waals surface area contributed by atoms with Gasteiger partial charge in [-0.25, -0.2) is 0 Å². The molecule has 0 spiro atoms. The topological polar surface area (TPSA) is 47.6 Å². The van der Waals surface area contributed by atoms with Gasteiger partial charge in [0.05, 0.1) is 13.7 Å². The van der Waals surface area contributed by atoms with Crippen molar-refractivity contribution >= 4 is 5.97 Å². The number of carbonyl (C=O) groups is 1. The van der Waals surface area contributed by atoms with Gasteiger partial charge in [-0.05, 0) is 38.0 Å². The minimum Gasteiger partial charge on any atom is -0.497 e. The van der Waals surface area contributed by atoms with Crippen LogP contribution in [0.25, 0.3) is 0 Å². The maximum absolute atomic E-state index is 11.9. The van der Waals surface area contributed by atoms with Crippen molar-refractivity contribution in [2.75, 3.05) is 13.7 Å². The van der Waals surface area contributed by atoms with Crippen LogP contribution in [0.3, 0.4) is 0 Å². The Morgan fingerprint density at radius 3 is 2.40 bits per heavy atom. The number of benzene rings is 1. The first-order valence-corrected chi connectivity index (χ1v) is 7.19. The lowest BCUT2D eigenvalue weighted by Gasteiger charge is -2.22. The van der Waals surface area contributed by atoms with Gasteiger partial charge in [0, 0.05) is 6.04 Å². The summed E-state index contributed by atoms with van der Waals surface area (Å²) in [7, 11) is 1.65. The molecule has 0 fully saturated rings. The number of carbonyl (C=O) groups excluding carboxylic acids is 1. The van der Waals surface area contributed by atoms with E-state index in [4.69, 9.17) is 9.47 Å². The second kappa shape index (κ2) is 8.59. The maximum atomic E-state index is 11.9. The maximum Gasteiger partial charge on any atom is 0.323 e. The van der Waals surface area contributed by atoms with Gasteiger partial charge in [-0.3, -0.25) is 10.1 Å². The van der Waals surface area contributed by atoms with Crippen LogP contribution in [0, 0.1) is 0 Å². The molecule has 0 aromatic heterocycles. The molecule has 1 aromatic carbocycles. The van der Waals surface area contributed by atoms with Crippen LogP contribution in [0.2, 0.25) is 0 Å². The number of methoxy groups -OCH3 is 1. The average Bonchev–Trinajstić information content (AvgIpc) is 2.47. The molecule has 0 aliphatic rings. The largest absolute Gasteiger partial charge is 0.497 e. The van der Waals surface area contributed by atoms with Crippen LogP contribution in [0.4, 0.5) is 0 Å². The predicted octanol–water partition coefficient (Wildman–Crippen LogP) is 3.08. The van der Waals surface area contributed by atoms with Crippen molar-refractivity contribution in [2.24, 2.45) is 0 Å². The molecule has 0 aliphatic carbocycles. The summed E-state index contributed by atoms with van der Waals surface area (Å²) in [5.74, 6) is 0.658. The van der Waals surface area contributed by atoms with Crippen LogP contribution in [0.5, 0.6) is 5.75 Å². The molecule has 0 heterocycles. The summed E-state index contributed by atoms with van der Waals surface area (Å²) in [6.45, 7) is 6.35. The molecule has 2 atom stereocenters. The third-order valence-electron chi connectivity index (χ3n) is 3.22. The van der Waals surface area contributed by atoms with Crippen LogP contribution < -0.4 is 10.1 Å². The van der Waals surface area contributed by atoms with Crippen molar-refractivity contribution in [3.8, 4) is 5.75 Å². The van der Waals surface area contributed by atoms with Crippen LogP contribution in [0.15, 0.2) is 24.3 Å². The standard InChI is InChI=1S/C16H25NO3/c1-5-7-15(16(18)20-6-2)17-12(3)13-8-10-14(19-4)11-9-13/h8-12,15,17H,5-7H2,1-4H3/t12-,15?/m1/s1. The molecule has 0 radical (unpaired) electrons. The first-order chi connectivity index (χ1) is 9.62. The van der Waals surface area contributed by atoms with Crippen molar-refractivity contribution in [1.82, 2.24) is 5.32 Å². The SMILES string of the molecule is CCCC(N[C@H](C)c1ccc(OC)cc1)C(=O)OCC. The van der Waals surface area contributed by atoms with Gasteiger partial charge in [0.25, 0.3) is 0 Å². The molecule has 1 aromatic rings. The van der Waals surface area contributed by atoms with Gasteiger partial charge in [0.1, 0.15) is 11.8 Å². The molecule has 4 heteroatoms. The lowest BCUT2D eigenvalue weighted by Crippen LogP contribution is -2.39. The van der Waals surface area contributed by atoms with E-state index in [2.05, 4.69) is 12.2 Å². The molecule has 4 nitrogen and oxygen atoms in total. The molecule has 0 aliphatic heterocycles. The highest BCUT2D eigenvalue weighted by molar-refractivity contribution is 5.75. The Morgan fingerprint density at radius 1 is 1.25 bits per heavy atom. The van der Waals surface area contributed by atoms with E-state index in [9.17, 15) is 4.79 Å².